The van der Waals surface area contributed by atoms with Crippen LogP contribution >= 0.6 is 0 Å². The summed E-state index contributed by atoms with van der Waals surface area (Å²) in [5.41, 5.74) is 4.23. The SMILES string of the molecule is C=C1c2ccccc2-c2cccc(C(=O)NCc3[nH]cc(O)c(=O)c3O)c21. The first-order valence-corrected chi connectivity index (χ1v) is 8.31. The van der Waals surface area contributed by atoms with Gasteiger partial charge in [-0.2, -0.15) is 0 Å². The van der Waals surface area contributed by atoms with E-state index in [4.69, 9.17) is 0 Å². The minimum absolute atomic E-state index is 0.0940. The third-order valence-electron chi connectivity index (χ3n) is 4.70. The standard InChI is InChI=1S/C21H16N2O4/c1-11-12-5-2-3-6-13(12)14-7-4-8-15(18(11)14)21(27)23-9-16-19(25)20(26)17(24)10-22-16/h2-8,10,24-25H,1,9H2,(H,22,26)(H,23,27). The van der Waals surface area contributed by atoms with E-state index in [0.717, 1.165) is 34.0 Å². The molecule has 1 aromatic heterocycles. The zero-order valence-corrected chi connectivity index (χ0v) is 14.2. The second-order valence-corrected chi connectivity index (χ2v) is 6.27. The number of benzene rings is 2. The molecule has 2 aromatic carbocycles. The van der Waals surface area contributed by atoms with Crippen LogP contribution in [-0.4, -0.2) is 21.1 Å². The maximum atomic E-state index is 12.8. The van der Waals surface area contributed by atoms with Crippen molar-refractivity contribution in [1.29, 1.82) is 0 Å². The highest BCUT2D eigenvalue weighted by Crippen LogP contribution is 2.44. The summed E-state index contributed by atoms with van der Waals surface area (Å²) < 4.78 is 0. The molecular weight excluding hydrogens is 344 g/mol. The van der Waals surface area contributed by atoms with Gasteiger partial charge in [0.2, 0.25) is 0 Å². The van der Waals surface area contributed by atoms with E-state index in [1.165, 1.54) is 0 Å². The molecule has 1 heterocycles. The van der Waals surface area contributed by atoms with Crippen LogP contribution in [0.1, 0.15) is 27.2 Å². The molecule has 0 fully saturated rings. The fraction of sp³-hybridized carbons (Fsp3) is 0.0476. The van der Waals surface area contributed by atoms with Crippen molar-refractivity contribution in [3.63, 3.8) is 0 Å². The van der Waals surface area contributed by atoms with E-state index in [2.05, 4.69) is 16.9 Å². The first kappa shape index (κ1) is 16.7. The van der Waals surface area contributed by atoms with Crippen LogP contribution in [0.3, 0.4) is 0 Å². The summed E-state index contributed by atoms with van der Waals surface area (Å²) in [4.78, 5) is 26.9. The maximum absolute atomic E-state index is 12.8. The maximum Gasteiger partial charge on any atom is 0.264 e. The van der Waals surface area contributed by atoms with Crippen molar-refractivity contribution in [1.82, 2.24) is 10.3 Å². The summed E-state index contributed by atoms with van der Waals surface area (Å²) >= 11 is 0. The van der Waals surface area contributed by atoms with E-state index in [9.17, 15) is 19.8 Å². The lowest BCUT2D eigenvalue weighted by Gasteiger charge is -2.11. The van der Waals surface area contributed by atoms with Gasteiger partial charge in [0.15, 0.2) is 11.5 Å². The molecule has 6 nitrogen and oxygen atoms in total. The minimum Gasteiger partial charge on any atom is -0.503 e. The molecular formula is C21H16N2O4. The highest BCUT2D eigenvalue weighted by Gasteiger charge is 2.26. The van der Waals surface area contributed by atoms with Gasteiger partial charge in [0.25, 0.3) is 11.3 Å². The molecule has 1 amide bonds. The molecule has 0 aliphatic heterocycles. The molecule has 0 atom stereocenters. The van der Waals surface area contributed by atoms with E-state index < -0.39 is 16.9 Å². The topological polar surface area (TPSA) is 102 Å². The molecule has 4 rings (SSSR count). The average Bonchev–Trinajstić information content (AvgIpc) is 2.98. The quantitative estimate of drug-likeness (QED) is 0.451. The lowest BCUT2D eigenvalue weighted by Crippen LogP contribution is -2.25. The van der Waals surface area contributed by atoms with Crippen LogP contribution in [0, 0.1) is 0 Å². The predicted octanol–water partition coefficient (Wildman–Crippen LogP) is 2.76. The van der Waals surface area contributed by atoms with Gasteiger partial charge in [-0.25, -0.2) is 0 Å². The van der Waals surface area contributed by atoms with Crippen molar-refractivity contribution in [3.8, 4) is 22.6 Å². The first-order chi connectivity index (χ1) is 13.0. The van der Waals surface area contributed by atoms with Crippen LogP contribution in [0.25, 0.3) is 16.7 Å². The number of rotatable bonds is 3. The monoisotopic (exact) mass is 360 g/mol. The number of aromatic amines is 1. The van der Waals surface area contributed by atoms with Crippen LogP contribution in [0.2, 0.25) is 0 Å². The summed E-state index contributed by atoms with van der Waals surface area (Å²) in [6, 6.07) is 13.3. The van der Waals surface area contributed by atoms with Crippen molar-refractivity contribution in [3.05, 3.63) is 87.8 Å². The van der Waals surface area contributed by atoms with Gasteiger partial charge in [-0.3, -0.25) is 9.59 Å². The Balaban J connectivity index is 1.65. The summed E-state index contributed by atoms with van der Waals surface area (Å²) in [6.07, 6.45) is 1.07. The number of carbonyl (C=O) groups is 1. The number of amides is 1. The van der Waals surface area contributed by atoms with Crippen LogP contribution in [0.15, 0.2) is 60.0 Å². The molecule has 6 heteroatoms. The Labute approximate surface area is 154 Å². The highest BCUT2D eigenvalue weighted by molar-refractivity contribution is 6.09. The molecule has 134 valence electrons. The summed E-state index contributed by atoms with van der Waals surface area (Å²) in [5, 5.41) is 21.8. The van der Waals surface area contributed by atoms with E-state index in [-0.39, 0.29) is 18.1 Å². The Morgan fingerprint density at radius 3 is 2.52 bits per heavy atom. The Morgan fingerprint density at radius 2 is 1.74 bits per heavy atom. The number of hydrogen-bond donors (Lipinski definition) is 4. The van der Waals surface area contributed by atoms with Crippen molar-refractivity contribution in [2.24, 2.45) is 0 Å². The number of pyridine rings is 1. The molecule has 0 saturated heterocycles. The van der Waals surface area contributed by atoms with E-state index >= 15 is 0 Å². The third kappa shape index (κ3) is 2.58. The largest absolute Gasteiger partial charge is 0.503 e. The van der Waals surface area contributed by atoms with Crippen LogP contribution in [0.4, 0.5) is 0 Å². The van der Waals surface area contributed by atoms with E-state index in [1.54, 1.807) is 6.07 Å². The smallest absolute Gasteiger partial charge is 0.264 e. The molecule has 1 aliphatic carbocycles. The van der Waals surface area contributed by atoms with Gasteiger partial charge in [-0.05, 0) is 28.3 Å². The first-order valence-electron chi connectivity index (χ1n) is 8.31. The normalized spacial score (nSPS) is 11.8. The fourth-order valence-corrected chi connectivity index (χ4v) is 3.35. The second kappa shape index (κ2) is 6.17. The molecule has 0 bridgehead atoms. The fourth-order valence-electron chi connectivity index (χ4n) is 3.35. The molecule has 4 N–H and O–H groups in total. The summed E-state index contributed by atoms with van der Waals surface area (Å²) in [6.45, 7) is 4.04. The Bertz CT molecular complexity index is 1160. The molecule has 0 spiro atoms. The van der Waals surface area contributed by atoms with Gasteiger partial charge in [-0.15, -0.1) is 0 Å². The van der Waals surface area contributed by atoms with Gasteiger partial charge >= 0.3 is 0 Å². The van der Waals surface area contributed by atoms with Gasteiger partial charge in [0.1, 0.15) is 0 Å². The predicted molar refractivity (Wildman–Crippen MR) is 102 cm³/mol. The van der Waals surface area contributed by atoms with Crippen molar-refractivity contribution < 1.29 is 15.0 Å². The van der Waals surface area contributed by atoms with Gasteiger partial charge < -0.3 is 20.5 Å². The molecule has 3 aromatic rings. The van der Waals surface area contributed by atoms with Crippen molar-refractivity contribution >= 4 is 11.5 Å². The molecule has 27 heavy (non-hydrogen) atoms. The summed E-state index contributed by atoms with van der Waals surface area (Å²) in [5.74, 6) is -1.56. The number of aromatic hydroxyl groups is 2. The minimum atomic E-state index is -0.887. The number of H-pyrrole nitrogens is 1. The molecule has 0 saturated carbocycles. The Hall–Kier alpha value is -3.80. The summed E-state index contributed by atoms with van der Waals surface area (Å²) in [7, 11) is 0. The third-order valence-corrected chi connectivity index (χ3v) is 4.70. The van der Waals surface area contributed by atoms with Gasteiger partial charge in [-0.1, -0.05) is 43.0 Å². The number of hydrogen-bond acceptors (Lipinski definition) is 4. The Kier molecular flexibility index (Phi) is 3.81. The van der Waals surface area contributed by atoms with Gasteiger partial charge in [0.05, 0.1) is 12.2 Å². The average molecular weight is 360 g/mol. The van der Waals surface area contributed by atoms with Crippen molar-refractivity contribution in [2.75, 3.05) is 0 Å². The number of nitrogens with one attached hydrogen (secondary N) is 2. The Morgan fingerprint density at radius 1 is 1.04 bits per heavy atom. The zero-order chi connectivity index (χ0) is 19.1. The van der Waals surface area contributed by atoms with Crippen LogP contribution < -0.4 is 10.7 Å². The molecule has 0 unspecified atom stereocenters. The number of carbonyl (C=O) groups excluding carboxylic acids is 1. The van der Waals surface area contributed by atoms with Crippen LogP contribution in [0.5, 0.6) is 11.5 Å². The van der Waals surface area contributed by atoms with Gasteiger partial charge in [0, 0.05) is 17.3 Å². The van der Waals surface area contributed by atoms with E-state index in [1.807, 2.05) is 36.4 Å². The zero-order valence-electron chi connectivity index (χ0n) is 14.2. The van der Waals surface area contributed by atoms with Crippen molar-refractivity contribution in [2.45, 2.75) is 6.54 Å². The lowest BCUT2D eigenvalue weighted by atomic mass is 9.98. The highest BCUT2D eigenvalue weighted by atomic mass is 16.3. The number of fused-ring (bicyclic) bond motifs is 3. The second-order valence-electron chi connectivity index (χ2n) is 6.27. The van der Waals surface area contributed by atoms with Crippen LogP contribution in [-0.2, 0) is 6.54 Å². The van der Waals surface area contributed by atoms with E-state index in [0.29, 0.717) is 5.56 Å². The molecule has 0 radical (unpaired) electrons. The number of aromatic nitrogens is 1. The lowest BCUT2D eigenvalue weighted by molar-refractivity contribution is 0.0950. The molecule has 1 aliphatic rings.